The summed E-state index contributed by atoms with van der Waals surface area (Å²) in [5.74, 6) is 0.165. The van der Waals surface area contributed by atoms with Crippen molar-refractivity contribution in [3.63, 3.8) is 0 Å². The zero-order valence-electron chi connectivity index (χ0n) is 30.1. The lowest BCUT2D eigenvalue weighted by molar-refractivity contribution is -0.330. The van der Waals surface area contributed by atoms with Crippen LogP contribution in [-0.4, -0.2) is 98.8 Å². The molecule has 10 heteroatoms. The highest BCUT2D eigenvalue weighted by Gasteiger charge is 2.84. The van der Waals surface area contributed by atoms with E-state index < -0.39 is 54.8 Å². The Hall–Kier alpha value is -1.11. The van der Waals surface area contributed by atoms with Crippen molar-refractivity contribution in [3.05, 3.63) is 11.6 Å². The van der Waals surface area contributed by atoms with E-state index in [-0.39, 0.29) is 52.3 Å². The predicted octanol–water partition coefficient (Wildman–Crippen LogP) is 3.48. The van der Waals surface area contributed by atoms with Crippen LogP contribution in [0.4, 0.5) is 0 Å². The summed E-state index contributed by atoms with van der Waals surface area (Å²) in [6.45, 7) is 14.1. The molecule has 0 aromatic carbocycles. The Balaban J connectivity index is 1.23. The Labute approximate surface area is 286 Å². The van der Waals surface area contributed by atoms with E-state index in [0.29, 0.717) is 24.7 Å². The summed E-state index contributed by atoms with van der Waals surface area (Å²) in [6, 6.07) is 0. The standard InChI is InChI=1S/C38H62O10/c1-20(17-39)9-8-10-21(2)28-24(43)16-36(7)26-15-23(42)32-34(4,5)27(11-12-38(32)19-37(26,38)14-13-35(28,36)6)48-33-31(46-22(3)41)30(45)29(44)25(18-40)47-33/h9,21,23-33,39-40,42-45H,8,10-19H2,1-7H3/b20-9+/t21-,23+,24-,25-,26+,27+,28+,29-,30+,31-,32+,33+,35-,36+,37+,38-/m1/s1. The maximum absolute atomic E-state index is 12.2. The fraction of sp³-hybridized carbons (Fsp3) is 0.921. The van der Waals surface area contributed by atoms with Crippen LogP contribution in [0.5, 0.6) is 0 Å². The largest absolute Gasteiger partial charge is 0.454 e. The van der Waals surface area contributed by atoms with Gasteiger partial charge in [0.15, 0.2) is 12.4 Å². The predicted molar refractivity (Wildman–Crippen MR) is 177 cm³/mol. The Morgan fingerprint density at radius 2 is 1.67 bits per heavy atom. The molecule has 274 valence electrons. The minimum atomic E-state index is -1.48. The van der Waals surface area contributed by atoms with Crippen molar-refractivity contribution in [1.82, 2.24) is 0 Å². The molecule has 1 heterocycles. The van der Waals surface area contributed by atoms with E-state index in [1.54, 1.807) is 0 Å². The van der Waals surface area contributed by atoms with Gasteiger partial charge in [-0.05, 0) is 115 Å². The van der Waals surface area contributed by atoms with Crippen molar-refractivity contribution < 1.29 is 49.6 Å². The van der Waals surface area contributed by atoms with E-state index in [1.165, 1.54) is 6.92 Å². The summed E-state index contributed by atoms with van der Waals surface area (Å²) in [7, 11) is 0. The summed E-state index contributed by atoms with van der Waals surface area (Å²) in [5.41, 5.74) is 0.435. The van der Waals surface area contributed by atoms with E-state index in [9.17, 15) is 35.4 Å². The minimum absolute atomic E-state index is 0.0314. The molecule has 5 saturated carbocycles. The van der Waals surface area contributed by atoms with E-state index in [4.69, 9.17) is 14.2 Å². The van der Waals surface area contributed by atoms with E-state index in [2.05, 4.69) is 40.7 Å². The van der Waals surface area contributed by atoms with Crippen molar-refractivity contribution in [2.75, 3.05) is 13.2 Å². The van der Waals surface area contributed by atoms with Crippen LogP contribution in [0.2, 0.25) is 0 Å². The van der Waals surface area contributed by atoms with Crippen LogP contribution in [-0.2, 0) is 19.0 Å². The molecule has 0 radical (unpaired) electrons. The van der Waals surface area contributed by atoms with Crippen LogP contribution in [0.25, 0.3) is 0 Å². The highest BCUT2D eigenvalue weighted by atomic mass is 16.7. The second kappa shape index (κ2) is 12.5. The summed E-state index contributed by atoms with van der Waals surface area (Å²) >= 11 is 0. The number of allylic oxidation sites excluding steroid dienone is 1. The minimum Gasteiger partial charge on any atom is -0.454 e. The summed E-state index contributed by atoms with van der Waals surface area (Å²) in [4.78, 5) is 11.9. The molecule has 6 rings (SSSR count). The molecule has 6 aliphatic rings. The van der Waals surface area contributed by atoms with Crippen molar-refractivity contribution in [3.8, 4) is 0 Å². The second-order valence-electron chi connectivity index (χ2n) is 18.0. The highest BCUT2D eigenvalue weighted by molar-refractivity contribution is 5.66. The van der Waals surface area contributed by atoms with E-state index >= 15 is 0 Å². The monoisotopic (exact) mass is 678 g/mol. The highest BCUT2D eigenvalue weighted by Crippen LogP contribution is 2.89. The third-order valence-electron chi connectivity index (χ3n) is 15.5. The van der Waals surface area contributed by atoms with Crippen molar-refractivity contribution in [2.45, 2.75) is 155 Å². The molecular formula is C38H62O10. The Kier molecular flexibility index (Phi) is 9.58. The second-order valence-corrected chi connectivity index (χ2v) is 18.0. The van der Waals surface area contributed by atoms with Crippen LogP contribution in [0.15, 0.2) is 11.6 Å². The van der Waals surface area contributed by atoms with Crippen molar-refractivity contribution in [2.24, 2.45) is 50.7 Å². The molecule has 10 nitrogen and oxygen atoms in total. The van der Waals surface area contributed by atoms with Gasteiger partial charge < -0.3 is 44.8 Å². The molecule has 2 spiro atoms. The quantitative estimate of drug-likeness (QED) is 0.121. The van der Waals surface area contributed by atoms with Gasteiger partial charge in [0.25, 0.3) is 0 Å². The molecule has 1 saturated heterocycles. The molecule has 0 unspecified atom stereocenters. The van der Waals surface area contributed by atoms with Gasteiger partial charge >= 0.3 is 5.97 Å². The van der Waals surface area contributed by atoms with Gasteiger partial charge in [-0.15, -0.1) is 0 Å². The van der Waals surface area contributed by atoms with Crippen LogP contribution in [0.3, 0.4) is 0 Å². The molecule has 0 bridgehead atoms. The molecule has 0 amide bonds. The zero-order valence-corrected chi connectivity index (χ0v) is 30.1. The summed E-state index contributed by atoms with van der Waals surface area (Å²) in [6.07, 6.45) is 2.49. The number of fused-ring (bicyclic) bond motifs is 2. The lowest BCUT2D eigenvalue weighted by Gasteiger charge is -2.64. The number of carbonyl (C=O) groups is 1. The molecule has 5 aliphatic carbocycles. The van der Waals surface area contributed by atoms with Gasteiger partial charge in [-0.2, -0.15) is 0 Å². The van der Waals surface area contributed by atoms with Gasteiger partial charge in [0.05, 0.1) is 31.5 Å². The lowest BCUT2D eigenvalue weighted by Crippen LogP contribution is -2.64. The molecule has 6 N–H and O–H groups in total. The van der Waals surface area contributed by atoms with Crippen LogP contribution in [0, 0.1) is 50.7 Å². The van der Waals surface area contributed by atoms with Gasteiger partial charge in [0.1, 0.15) is 18.3 Å². The van der Waals surface area contributed by atoms with Crippen molar-refractivity contribution in [1.29, 1.82) is 0 Å². The Morgan fingerprint density at radius 1 is 0.958 bits per heavy atom. The van der Waals surface area contributed by atoms with Gasteiger partial charge in [-0.1, -0.05) is 46.3 Å². The number of aliphatic hydroxyl groups excluding tert-OH is 6. The molecule has 0 aromatic rings. The normalized spacial score (nSPS) is 51.6. The number of rotatable bonds is 9. The summed E-state index contributed by atoms with van der Waals surface area (Å²) in [5, 5.41) is 64.5. The molecular weight excluding hydrogens is 616 g/mol. The maximum atomic E-state index is 12.2. The topological polar surface area (TPSA) is 166 Å². The van der Waals surface area contributed by atoms with Gasteiger partial charge in [0, 0.05) is 6.92 Å². The van der Waals surface area contributed by atoms with Gasteiger partial charge in [-0.25, -0.2) is 0 Å². The van der Waals surface area contributed by atoms with Crippen LogP contribution >= 0.6 is 0 Å². The number of hydrogen-bond acceptors (Lipinski definition) is 10. The first-order valence-electron chi connectivity index (χ1n) is 18.5. The van der Waals surface area contributed by atoms with Crippen LogP contribution < -0.4 is 0 Å². The van der Waals surface area contributed by atoms with E-state index in [0.717, 1.165) is 50.5 Å². The Morgan fingerprint density at radius 3 is 2.31 bits per heavy atom. The van der Waals surface area contributed by atoms with Crippen LogP contribution in [0.1, 0.15) is 106 Å². The van der Waals surface area contributed by atoms with Gasteiger partial charge in [-0.3, -0.25) is 4.79 Å². The SMILES string of the molecule is CC(=O)O[C@H]1[C@H](O[C@H]2CC[C@]34C[C@]35CC[C@]3(C)[C@@H]([C@H](C)CC/C=C(\C)CO)[C@H](O)C[C@@]3(C)[C@@H]5C[C@H](O)[C@H]4C2(C)C)O[C@H](CO)[C@@H](O)[C@@H]1O. The lowest BCUT2D eigenvalue weighted by atomic mass is 9.41. The van der Waals surface area contributed by atoms with E-state index in [1.807, 2.05) is 6.92 Å². The third kappa shape index (κ3) is 5.21. The molecule has 1 aliphatic heterocycles. The van der Waals surface area contributed by atoms with Crippen molar-refractivity contribution >= 4 is 5.97 Å². The smallest absolute Gasteiger partial charge is 0.303 e. The molecule has 16 atom stereocenters. The third-order valence-corrected chi connectivity index (χ3v) is 15.5. The average Bonchev–Trinajstić information content (AvgIpc) is 3.60. The summed E-state index contributed by atoms with van der Waals surface area (Å²) < 4.78 is 17.9. The number of carbonyl (C=O) groups excluding carboxylic acids is 1. The maximum Gasteiger partial charge on any atom is 0.303 e. The zero-order chi connectivity index (χ0) is 35.2. The number of esters is 1. The average molecular weight is 679 g/mol. The first-order chi connectivity index (χ1) is 22.4. The number of ether oxygens (including phenoxy) is 3. The van der Waals surface area contributed by atoms with Gasteiger partial charge in [0.2, 0.25) is 0 Å². The molecule has 0 aromatic heterocycles. The first-order valence-corrected chi connectivity index (χ1v) is 18.5. The number of hydrogen-bond donors (Lipinski definition) is 6. The molecule has 6 fully saturated rings. The fourth-order valence-corrected chi connectivity index (χ4v) is 13.2. The Bertz CT molecular complexity index is 1250. The molecule has 48 heavy (non-hydrogen) atoms. The first kappa shape index (κ1) is 36.7. The number of aliphatic hydroxyl groups is 6. The fourth-order valence-electron chi connectivity index (χ4n) is 13.2.